The highest BCUT2D eigenvalue weighted by atomic mass is 16.5. The van der Waals surface area contributed by atoms with Gasteiger partial charge in [-0.3, -0.25) is 0 Å². The van der Waals surface area contributed by atoms with Crippen molar-refractivity contribution in [1.29, 1.82) is 0 Å². The molecular weight excluding hydrogens is 306 g/mol. The molecule has 24 heavy (non-hydrogen) atoms. The lowest BCUT2D eigenvalue weighted by molar-refractivity contribution is 0.237. The summed E-state index contributed by atoms with van der Waals surface area (Å²) in [6.07, 6.45) is 0.967. The first-order valence-corrected chi connectivity index (χ1v) is 7.56. The summed E-state index contributed by atoms with van der Waals surface area (Å²) in [6.45, 7) is 0. The predicted molar refractivity (Wildman–Crippen MR) is 94.5 cm³/mol. The van der Waals surface area contributed by atoms with Crippen LogP contribution in [-0.4, -0.2) is 33.5 Å². The Morgan fingerprint density at radius 2 is 1.62 bits per heavy atom. The summed E-state index contributed by atoms with van der Waals surface area (Å²) >= 11 is 0. The van der Waals surface area contributed by atoms with Gasteiger partial charge in [-0.2, -0.15) is 0 Å². The van der Waals surface area contributed by atoms with Crippen LogP contribution in [0, 0.1) is 0 Å². The van der Waals surface area contributed by atoms with Crippen LogP contribution >= 0.6 is 0 Å². The fourth-order valence-corrected chi connectivity index (χ4v) is 2.46. The molecule has 2 N–H and O–H groups in total. The lowest BCUT2D eigenvalue weighted by Crippen LogP contribution is -2.06. The molecule has 0 saturated heterocycles. The monoisotopic (exact) mass is 329 g/mol. The van der Waals surface area contributed by atoms with Gasteiger partial charge in [-0.25, -0.2) is 0 Å². The summed E-state index contributed by atoms with van der Waals surface area (Å²) in [7, 11) is 6.57. The van der Waals surface area contributed by atoms with Crippen LogP contribution in [0.15, 0.2) is 48.7 Å². The average molecular weight is 329 g/mol. The van der Waals surface area contributed by atoms with E-state index in [0.717, 1.165) is 16.9 Å². The predicted octanol–water partition coefficient (Wildman–Crippen LogP) is 3.01. The minimum atomic E-state index is -0.814. The largest absolute Gasteiger partial charge is 0.497 e. The third kappa shape index (κ3) is 3.81. The SMILES string of the molecule is CN/C=C(\c1ccc(OC)cc1)[C@H](O)c1ccc(OC)c(OC)c1. The molecule has 0 aliphatic heterocycles. The molecule has 0 saturated carbocycles. The fourth-order valence-electron chi connectivity index (χ4n) is 2.46. The molecule has 5 nitrogen and oxygen atoms in total. The van der Waals surface area contributed by atoms with E-state index < -0.39 is 6.10 Å². The Morgan fingerprint density at radius 3 is 2.17 bits per heavy atom. The highest BCUT2D eigenvalue weighted by Crippen LogP contribution is 2.35. The van der Waals surface area contributed by atoms with Crippen LogP contribution in [0.25, 0.3) is 5.57 Å². The van der Waals surface area contributed by atoms with Crippen molar-refractivity contribution in [3.63, 3.8) is 0 Å². The molecule has 0 amide bonds. The number of ether oxygens (including phenoxy) is 3. The molecule has 0 aliphatic rings. The van der Waals surface area contributed by atoms with Gasteiger partial charge in [-0.15, -0.1) is 0 Å². The first-order chi connectivity index (χ1) is 11.6. The van der Waals surface area contributed by atoms with Gasteiger partial charge >= 0.3 is 0 Å². The Kier molecular flexibility index (Phi) is 6.09. The second kappa shape index (κ2) is 8.26. The molecule has 128 valence electrons. The Labute approximate surface area is 142 Å². The number of aliphatic hydroxyl groups excluding tert-OH is 1. The van der Waals surface area contributed by atoms with Gasteiger partial charge in [-0.1, -0.05) is 18.2 Å². The second-order valence-corrected chi connectivity index (χ2v) is 5.13. The van der Waals surface area contributed by atoms with E-state index in [9.17, 15) is 5.11 Å². The van der Waals surface area contributed by atoms with Crippen molar-refractivity contribution in [1.82, 2.24) is 5.32 Å². The summed E-state index contributed by atoms with van der Waals surface area (Å²) in [6, 6.07) is 12.9. The van der Waals surface area contributed by atoms with Crippen molar-refractivity contribution in [2.75, 3.05) is 28.4 Å². The topological polar surface area (TPSA) is 60.0 Å². The smallest absolute Gasteiger partial charge is 0.161 e. The number of nitrogens with one attached hydrogen (secondary N) is 1. The molecule has 2 aromatic rings. The van der Waals surface area contributed by atoms with Crippen LogP contribution in [0.2, 0.25) is 0 Å². The highest BCUT2D eigenvalue weighted by Gasteiger charge is 2.17. The van der Waals surface area contributed by atoms with Crippen LogP contribution in [0.5, 0.6) is 17.2 Å². The summed E-state index contributed by atoms with van der Waals surface area (Å²) in [5.74, 6) is 1.97. The van der Waals surface area contributed by atoms with Crippen molar-refractivity contribution in [2.45, 2.75) is 6.10 Å². The van der Waals surface area contributed by atoms with Crippen molar-refractivity contribution in [3.8, 4) is 17.2 Å². The molecule has 2 aromatic carbocycles. The van der Waals surface area contributed by atoms with Gasteiger partial charge in [0.25, 0.3) is 0 Å². The molecule has 0 spiro atoms. The van der Waals surface area contributed by atoms with Gasteiger partial charge in [0, 0.05) is 18.8 Å². The summed E-state index contributed by atoms with van der Waals surface area (Å²) in [5, 5.41) is 13.8. The normalized spacial score (nSPS) is 12.5. The Morgan fingerprint density at radius 1 is 0.958 bits per heavy atom. The van der Waals surface area contributed by atoms with E-state index >= 15 is 0 Å². The fraction of sp³-hybridized carbons (Fsp3) is 0.263. The van der Waals surface area contributed by atoms with Gasteiger partial charge in [0.2, 0.25) is 0 Å². The van der Waals surface area contributed by atoms with Crippen molar-refractivity contribution in [2.24, 2.45) is 0 Å². The Bertz CT molecular complexity index is 695. The number of hydrogen-bond acceptors (Lipinski definition) is 5. The van der Waals surface area contributed by atoms with Gasteiger partial charge in [0.05, 0.1) is 21.3 Å². The van der Waals surface area contributed by atoms with E-state index in [1.165, 1.54) is 0 Å². The number of benzene rings is 2. The maximum Gasteiger partial charge on any atom is 0.161 e. The average Bonchev–Trinajstić information content (AvgIpc) is 2.65. The van der Waals surface area contributed by atoms with Crippen molar-refractivity contribution < 1.29 is 19.3 Å². The molecule has 0 unspecified atom stereocenters. The zero-order valence-corrected chi connectivity index (χ0v) is 14.4. The molecule has 5 heteroatoms. The first kappa shape index (κ1) is 17.7. The van der Waals surface area contributed by atoms with Crippen molar-refractivity contribution in [3.05, 3.63) is 59.8 Å². The van der Waals surface area contributed by atoms with Crippen LogP contribution < -0.4 is 19.5 Å². The van der Waals surface area contributed by atoms with Crippen LogP contribution in [0.4, 0.5) is 0 Å². The van der Waals surface area contributed by atoms with Gasteiger partial charge in [0.15, 0.2) is 11.5 Å². The van der Waals surface area contributed by atoms with E-state index in [-0.39, 0.29) is 0 Å². The lowest BCUT2D eigenvalue weighted by atomic mass is 9.95. The number of hydrogen-bond donors (Lipinski definition) is 2. The molecule has 0 fully saturated rings. The number of methoxy groups -OCH3 is 3. The summed E-state index contributed by atoms with van der Waals surface area (Å²) in [5.41, 5.74) is 2.35. The molecule has 2 rings (SSSR count). The molecule has 0 aliphatic carbocycles. The Hall–Kier alpha value is -2.66. The minimum Gasteiger partial charge on any atom is -0.497 e. The second-order valence-electron chi connectivity index (χ2n) is 5.13. The molecule has 0 bridgehead atoms. The van der Waals surface area contributed by atoms with Gasteiger partial charge in [-0.05, 0) is 35.4 Å². The molecule has 1 atom stereocenters. The highest BCUT2D eigenvalue weighted by molar-refractivity contribution is 5.71. The molecular formula is C19H23NO4. The lowest BCUT2D eigenvalue weighted by Gasteiger charge is -2.18. The number of rotatable bonds is 7. The molecule has 0 heterocycles. The molecule has 0 radical (unpaired) electrons. The third-order valence-electron chi connectivity index (χ3n) is 3.74. The van der Waals surface area contributed by atoms with E-state index in [4.69, 9.17) is 14.2 Å². The Balaban J connectivity index is 2.38. The quantitative estimate of drug-likeness (QED) is 0.818. The van der Waals surface area contributed by atoms with Crippen LogP contribution in [-0.2, 0) is 0 Å². The summed E-state index contributed by atoms with van der Waals surface area (Å²) in [4.78, 5) is 0. The maximum absolute atomic E-state index is 10.8. The standard InChI is InChI=1S/C19H23NO4/c1-20-12-16(13-5-8-15(22-2)9-6-13)19(21)14-7-10-17(23-3)18(11-14)24-4/h5-12,19-21H,1-4H3/b16-12+/t19-/m1/s1. The van der Waals surface area contributed by atoms with Crippen LogP contribution in [0.1, 0.15) is 17.2 Å². The number of aliphatic hydroxyl groups is 1. The first-order valence-electron chi connectivity index (χ1n) is 7.56. The van der Waals surface area contributed by atoms with Crippen molar-refractivity contribution >= 4 is 5.57 Å². The summed E-state index contributed by atoms with van der Waals surface area (Å²) < 4.78 is 15.7. The van der Waals surface area contributed by atoms with E-state index in [1.54, 1.807) is 46.7 Å². The van der Waals surface area contributed by atoms with Crippen LogP contribution in [0.3, 0.4) is 0 Å². The van der Waals surface area contributed by atoms with Gasteiger partial charge < -0.3 is 24.6 Å². The molecule has 0 aromatic heterocycles. The minimum absolute atomic E-state index is 0.576. The third-order valence-corrected chi connectivity index (χ3v) is 3.74. The van der Waals surface area contributed by atoms with E-state index in [2.05, 4.69) is 5.32 Å². The van der Waals surface area contributed by atoms with E-state index in [1.807, 2.05) is 30.3 Å². The van der Waals surface area contributed by atoms with E-state index in [0.29, 0.717) is 17.1 Å². The maximum atomic E-state index is 10.8. The zero-order chi connectivity index (χ0) is 17.5. The zero-order valence-electron chi connectivity index (χ0n) is 14.4. The van der Waals surface area contributed by atoms with Gasteiger partial charge in [0.1, 0.15) is 11.9 Å².